The Morgan fingerprint density at radius 2 is 2.00 bits per heavy atom. The molecule has 0 bridgehead atoms. The summed E-state index contributed by atoms with van der Waals surface area (Å²) in [4.78, 5) is 26.6. The maximum absolute atomic E-state index is 13.0. The third-order valence-electron chi connectivity index (χ3n) is 4.30. The molecule has 1 atom stereocenters. The number of aromatic nitrogens is 1. The van der Waals surface area contributed by atoms with Gasteiger partial charge in [-0.1, -0.05) is 12.1 Å². The largest absolute Gasteiger partial charge is 0.365 e. The second-order valence-corrected chi connectivity index (χ2v) is 8.05. The molecule has 4 heterocycles. The number of nitrogens with two attached hydrogens (primary N) is 1. The lowest BCUT2D eigenvalue weighted by Gasteiger charge is -2.19. The summed E-state index contributed by atoms with van der Waals surface area (Å²) < 4.78 is 1.66. The summed E-state index contributed by atoms with van der Waals surface area (Å²) in [5.74, 6) is -0.654. The van der Waals surface area contributed by atoms with Gasteiger partial charge in [-0.05, 0) is 29.0 Å². The molecule has 0 saturated carbocycles. The lowest BCUT2D eigenvalue weighted by atomic mass is 10.1. The zero-order valence-electron chi connectivity index (χ0n) is 14.3. The van der Waals surface area contributed by atoms with Crippen LogP contribution in [0.2, 0.25) is 0 Å². The monoisotopic (exact) mass is 397 g/mol. The Morgan fingerprint density at radius 1 is 1.19 bits per heavy atom. The molecule has 2 N–H and O–H groups in total. The first kappa shape index (κ1) is 17.6. The van der Waals surface area contributed by atoms with Crippen molar-refractivity contribution in [3.05, 3.63) is 74.9 Å². The molecule has 136 valence electrons. The van der Waals surface area contributed by atoms with Crippen LogP contribution in [0.15, 0.2) is 64.7 Å². The zero-order chi connectivity index (χ0) is 18.8. The molecule has 0 aromatic carbocycles. The molecule has 3 aromatic heterocycles. The van der Waals surface area contributed by atoms with Gasteiger partial charge in [0.1, 0.15) is 5.56 Å². The van der Waals surface area contributed by atoms with E-state index < -0.39 is 5.91 Å². The Hall–Kier alpha value is -2.84. The fourth-order valence-electron chi connectivity index (χ4n) is 3.03. The minimum absolute atomic E-state index is 0.0875. The van der Waals surface area contributed by atoms with Gasteiger partial charge in [-0.2, -0.15) is 9.67 Å². The van der Waals surface area contributed by atoms with Crippen LogP contribution in [-0.2, 0) is 11.3 Å². The van der Waals surface area contributed by atoms with E-state index in [1.807, 2.05) is 35.0 Å². The molecule has 3 aromatic rings. The number of thiophene rings is 2. The molecule has 0 spiro atoms. The molecular weight excluding hydrogens is 380 g/mol. The van der Waals surface area contributed by atoms with Gasteiger partial charge < -0.3 is 5.73 Å². The fourth-order valence-corrected chi connectivity index (χ4v) is 4.56. The molecule has 0 saturated heterocycles. The minimum Gasteiger partial charge on any atom is -0.365 e. The highest BCUT2D eigenvalue weighted by Gasteiger charge is 2.35. The Bertz CT molecular complexity index is 997. The summed E-state index contributed by atoms with van der Waals surface area (Å²) in [6.07, 6.45) is 4.02. The topological polar surface area (TPSA) is 79.6 Å². The van der Waals surface area contributed by atoms with Gasteiger partial charge in [0.25, 0.3) is 5.91 Å². The summed E-state index contributed by atoms with van der Waals surface area (Å²) in [5.41, 5.74) is 6.62. The molecule has 27 heavy (non-hydrogen) atoms. The number of nitrogens with zero attached hydrogens (tertiary/aromatic N) is 3. The van der Waals surface area contributed by atoms with E-state index in [2.05, 4.69) is 5.10 Å². The van der Waals surface area contributed by atoms with Crippen LogP contribution in [-0.4, -0.2) is 22.5 Å². The number of carbonyl (C=O) groups is 2. The van der Waals surface area contributed by atoms with Gasteiger partial charge in [0.05, 0.1) is 16.6 Å². The average molecular weight is 398 g/mol. The van der Waals surface area contributed by atoms with Gasteiger partial charge in [0.2, 0.25) is 6.54 Å². The van der Waals surface area contributed by atoms with Crippen LogP contribution in [0, 0.1) is 0 Å². The van der Waals surface area contributed by atoms with Crippen molar-refractivity contribution >= 4 is 40.2 Å². The van der Waals surface area contributed by atoms with Crippen LogP contribution in [0.1, 0.15) is 32.6 Å². The smallest absolute Gasteiger partial charge is 0.309 e. The lowest BCUT2D eigenvalue weighted by Crippen LogP contribution is -2.43. The van der Waals surface area contributed by atoms with Gasteiger partial charge in [0.15, 0.2) is 12.4 Å². The molecule has 0 fully saturated rings. The molecule has 0 unspecified atom stereocenters. The molecule has 1 aliphatic rings. The van der Waals surface area contributed by atoms with E-state index in [0.717, 1.165) is 15.5 Å². The summed E-state index contributed by atoms with van der Waals surface area (Å²) in [5, 5.41) is 10.2. The third kappa shape index (κ3) is 3.67. The van der Waals surface area contributed by atoms with Crippen LogP contribution in [0.4, 0.5) is 0 Å². The van der Waals surface area contributed by atoms with Crippen molar-refractivity contribution in [1.29, 1.82) is 0 Å². The van der Waals surface area contributed by atoms with E-state index in [0.29, 0.717) is 12.0 Å². The standard InChI is InChI=1S/C19H16N4O2S2/c20-19(25)13-4-1-7-22(11-13)12-18(24)23-15(17-6-3-9-27-17)10-14(21-23)16-5-2-8-26-16/h1-9,11,15H,10,12H2,(H-,20,25)/p+1/t15-/m1/s1. The van der Waals surface area contributed by atoms with E-state index in [4.69, 9.17) is 5.73 Å². The predicted molar refractivity (Wildman–Crippen MR) is 105 cm³/mol. The second kappa shape index (κ2) is 7.42. The molecule has 0 aliphatic carbocycles. The average Bonchev–Trinajstić information content (AvgIpc) is 3.41. The van der Waals surface area contributed by atoms with Gasteiger partial charge in [0, 0.05) is 17.4 Å². The number of hydrazone groups is 1. The van der Waals surface area contributed by atoms with Crippen molar-refractivity contribution in [3.8, 4) is 0 Å². The van der Waals surface area contributed by atoms with E-state index in [1.165, 1.54) is 0 Å². The van der Waals surface area contributed by atoms with Crippen molar-refractivity contribution in [2.24, 2.45) is 10.8 Å². The number of amides is 2. The third-order valence-corrected chi connectivity index (χ3v) is 6.20. The first-order valence-corrected chi connectivity index (χ1v) is 10.1. The fraction of sp³-hybridized carbons (Fsp3) is 0.158. The Labute approximate surface area is 164 Å². The predicted octanol–water partition coefficient (Wildman–Crippen LogP) is 2.57. The molecule has 2 amide bonds. The van der Waals surface area contributed by atoms with Crippen molar-refractivity contribution in [2.45, 2.75) is 19.0 Å². The lowest BCUT2D eigenvalue weighted by molar-refractivity contribution is -0.685. The van der Waals surface area contributed by atoms with Crippen molar-refractivity contribution in [3.63, 3.8) is 0 Å². The first-order valence-electron chi connectivity index (χ1n) is 8.37. The van der Waals surface area contributed by atoms with E-state index in [9.17, 15) is 9.59 Å². The van der Waals surface area contributed by atoms with E-state index in [1.54, 1.807) is 56.8 Å². The molecule has 6 nitrogen and oxygen atoms in total. The summed E-state index contributed by atoms with van der Waals surface area (Å²) >= 11 is 3.24. The number of carbonyl (C=O) groups excluding carboxylic acids is 2. The number of hydrogen-bond donors (Lipinski definition) is 1. The number of hydrogen-bond acceptors (Lipinski definition) is 5. The first-order chi connectivity index (χ1) is 13.1. The Morgan fingerprint density at radius 3 is 2.70 bits per heavy atom. The van der Waals surface area contributed by atoms with Crippen LogP contribution in [0.5, 0.6) is 0 Å². The number of pyridine rings is 1. The maximum Gasteiger partial charge on any atom is 0.309 e. The molecule has 8 heteroatoms. The molecule has 1 aliphatic heterocycles. The van der Waals surface area contributed by atoms with Crippen LogP contribution in [0.25, 0.3) is 0 Å². The van der Waals surface area contributed by atoms with Crippen molar-refractivity contribution in [2.75, 3.05) is 0 Å². The van der Waals surface area contributed by atoms with E-state index >= 15 is 0 Å². The Balaban J connectivity index is 1.61. The SMILES string of the molecule is NC(=O)c1ccc[n+](CC(=O)N2N=C(c3cccs3)C[C@@H]2c2cccs2)c1. The van der Waals surface area contributed by atoms with Crippen LogP contribution < -0.4 is 10.3 Å². The highest BCUT2D eigenvalue weighted by Crippen LogP contribution is 2.35. The highest BCUT2D eigenvalue weighted by atomic mass is 32.1. The summed E-state index contributed by atoms with van der Waals surface area (Å²) in [6, 6.07) is 11.2. The second-order valence-electron chi connectivity index (χ2n) is 6.13. The summed E-state index contributed by atoms with van der Waals surface area (Å²) in [7, 11) is 0. The maximum atomic E-state index is 13.0. The van der Waals surface area contributed by atoms with Crippen LogP contribution in [0.3, 0.4) is 0 Å². The van der Waals surface area contributed by atoms with Gasteiger partial charge in [-0.25, -0.2) is 5.01 Å². The van der Waals surface area contributed by atoms with Gasteiger partial charge in [-0.3, -0.25) is 9.59 Å². The highest BCUT2D eigenvalue weighted by molar-refractivity contribution is 7.12. The zero-order valence-corrected chi connectivity index (χ0v) is 16.0. The minimum atomic E-state index is -0.521. The van der Waals surface area contributed by atoms with Crippen molar-refractivity contribution in [1.82, 2.24) is 5.01 Å². The van der Waals surface area contributed by atoms with Crippen molar-refractivity contribution < 1.29 is 14.2 Å². The van der Waals surface area contributed by atoms with Gasteiger partial charge >= 0.3 is 5.91 Å². The number of rotatable bonds is 5. The Kier molecular flexibility index (Phi) is 4.83. The molecule has 4 rings (SSSR count). The normalized spacial score (nSPS) is 16.4. The molecule has 0 radical (unpaired) electrons. The summed E-state index contributed by atoms with van der Waals surface area (Å²) in [6.45, 7) is 0.0875. The quantitative estimate of drug-likeness (QED) is 0.672. The van der Waals surface area contributed by atoms with Gasteiger partial charge in [-0.15, -0.1) is 22.7 Å². The molecular formula is C19H17N4O2S2+. The van der Waals surface area contributed by atoms with Crippen LogP contribution >= 0.6 is 22.7 Å². The van der Waals surface area contributed by atoms with E-state index in [-0.39, 0.29) is 18.5 Å². The number of primary amides is 1.